The number of nitrogens with zero attached hydrogens (tertiary/aromatic N) is 2. The zero-order valence-corrected chi connectivity index (χ0v) is 19.3. The summed E-state index contributed by atoms with van der Waals surface area (Å²) in [4.78, 5) is 18.0. The predicted octanol–water partition coefficient (Wildman–Crippen LogP) is 4.00. The second-order valence-corrected chi connectivity index (χ2v) is 7.68. The molecule has 0 bridgehead atoms. The van der Waals surface area contributed by atoms with Gasteiger partial charge in [0.25, 0.3) is 0 Å². The highest BCUT2D eigenvalue weighted by atomic mass is 127. The molecule has 1 atom stereocenters. The highest BCUT2D eigenvalue weighted by Gasteiger charge is 2.31. The number of rotatable bonds is 3. The minimum absolute atomic E-state index is 0. The number of ether oxygens (including phenoxy) is 1. The van der Waals surface area contributed by atoms with Crippen LogP contribution >= 0.6 is 24.0 Å². The van der Waals surface area contributed by atoms with Crippen LogP contribution in [0.15, 0.2) is 29.3 Å². The molecule has 1 aliphatic rings. The first kappa shape index (κ1) is 25.3. The summed E-state index contributed by atoms with van der Waals surface area (Å²) in [5.41, 5.74) is -0.728. The summed E-state index contributed by atoms with van der Waals surface area (Å²) >= 11 is 0. The molecule has 6 nitrogen and oxygen atoms in total. The van der Waals surface area contributed by atoms with Gasteiger partial charge in [0.05, 0.1) is 11.6 Å². The monoisotopic (exact) mass is 528 g/mol. The van der Waals surface area contributed by atoms with Gasteiger partial charge in [0, 0.05) is 26.7 Å². The second-order valence-electron chi connectivity index (χ2n) is 7.68. The van der Waals surface area contributed by atoms with Gasteiger partial charge in [-0.3, -0.25) is 4.99 Å². The SMILES string of the molecule is CN=C(NCc1cccc(C(F)(F)F)c1)N1CCC(NC(=O)OC(C)(C)C)C1.I. The van der Waals surface area contributed by atoms with Gasteiger partial charge in [0.1, 0.15) is 5.60 Å². The van der Waals surface area contributed by atoms with E-state index in [9.17, 15) is 18.0 Å². The molecule has 29 heavy (non-hydrogen) atoms. The number of aliphatic imine (C=N–C) groups is 1. The summed E-state index contributed by atoms with van der Waals surface area (Å²) in [7, 11) is 1.61. The molecular formula is C19H28F3IN4O2. The molecule has 1 amide bonds. The van der Waals surface area contributed by atoms with Crippen molar-refractivity contribution in [3.63, 3.8) is 0 Å². The van der Waals surface area contributed by atoms with Gasteiger partial charge in [0.15, 0.2) is 5.96 Å². The predicted molar refractivity (Wildman–Crippen MR) is 116 cm³/mol. The first-order chi connectivity index (χ1) is 13.0. The molecule has 0 spiro atoms. The molecule has 1 fully saturated rings. The minimum Gasteiger partial charge on any atom is -0.444 e. The van der Waals surface area contributed by atoms with Crippen LogP contribution in [-0.2, 0) is 17.5 Å². The van der Waals surface area contributed by atoms with Crippen molar-refractivity contribution in [3.05, 3.63) is 35.4 Å². The molecule has 1 aromatic carbocycles. The van der Waals surface area contributed by atoms with E-state index in [1.54, 1.807) is 33.9 Å². The van der Waals surface area contributed by atoms with Crippen LogP contribution in [0, 0.1) is 0 Å². The van der Waals surface area contributed by atoms with Gasteiger partial charge in [-0.25, -0.2) is 4.79 Å². The third kappa shape index (κ3) is 8.27. The quantitative estimate of drug-likeness (QED) is 0.354. The lowest BCUT2D eigenvalue weighted by Gasteiger charge is -2.23. The Balaban J connectivity index is 0.00000420. The van der Waals surface area contributed by atoms with E-state index in [4.69, 9.17) is 4.74 Å². The van der Waals surface area contributed by atoms with E-state index in [1.165, 1.54) is 6.07 Å². The fourth-order valence-corrected chi connectivity index (χ4v) is 2.92. The van der Waals surface area contributed by atoms with Crippen molar-refractivity contribution in [3.8, 4) is 0 Å². The van der Waals surface area contributed by atoms with E-state index in [0.29, 0.717) is 24.6 Å². The second kappa shape index (κ2) is 10.4. The lowest BCUT2D eigenvalue weighted by molar-refractivity contribution is -0.137. The Kier molecular flexibility index (Phi) is 9.04. The molecule has 1 heterocycles. The van der Waals surface area contributed by atoms with Crippen LogP contribution in [0.4, 0.5) is 18.0 Å². The van der Waals surface area contributed by atoms with Gasteiger partial charge in [-0.15, -0.1) is 24.0 Å². The van der Waals surface area contributed by atoms with Gasteiger partial charge in [0.2, 0.25) is 0 Å². The van der Waals surface area contributed by atoms with E-state index in [0.717, 1.165) is 18.6 Å². The van der Waals surface area contributed by atoms with Crippen LogP contribution in [0.25, 0.3) is 0 Å². The lowest BCUT2D eigenvalue weighted by atomic mass is 10.1. The molecule has 1 aliphatic heterocycles. The Bertz CT molecular complexity index is 720. The van der Waals surface area contributed by atoms with E-state index < -0.39 is 23.4 Å². The lowest BCUT2D eigenvalue weighted by Crippen LogP contribution is -2.44. The Morgan fingerprint density at radius 1 is 1.31 bits per heavy atom. The number of amides is 1. The van der Waals surface area contributed by atoms with Crippen molar-refractivity contribution in [1.29, 1.82) is 0 Å². The smallest absolute Gasteiger partial charge is 0.416 e. The Morgan fingerprint density at radius 3 is 2.59 bits per heavy atom. The van der Waals surface area contributed by atoms with Crippen molar-refractivity contribution < 1.29 is 22.7 Å². The number of guanidine groups is 1. The van der Waals surface area contributed by atoms with Crippen molar-refractivity contribution in [2.24, 2.45) is 4.99 Å². The Hall–Kier alpha value is -1.72. The van der Waals surface area contributed by atoms with Gasteiger partial charge in [-0.05, 0) is 44.9 Å². The normalized spacial score (nSPS) is 17.6. The number of benzene rings is 1. The topological polar surface area (TPSA) is 66.0 Å². The van der Waals surface area contributed by atoms with E-state index in [2.05, 4.69) is 15.6 Å². The summed E-state index contributed by atoms with van der Waals surface area (Å²) < 4.78 is 43.8. The highest BCUT2D eigenvalue weighted by Crippen LogP contribution is 2.29. The van der Waals surface area contributed by atoms with Crippen LogP contribution in [0.3, 0.4) is 0 Å². The van der Waals surface area contributed by atoms with E-state index >= 15 is 0 Å². The van der Waals surface area contributed by atoms with Crippen molar-refractivity contribution in [2.75, 3.05) is 20.1 Å². The maximum Gasteiger partial charge on any atom is 0.416 e. The summed E-state index contributed by atoms with van der Waals surface area (Å²) in [6, 6.07) is 5.11. The number of hydrogen-bond donors (Lipinski definition) is 2. The van der Waals surface area contributed by atoms with Crippen LogP contribution < -0.4 is 10.6 Å². The number of carbonyl (C=O) groups is 1. The average Bonchev–Trinajstić information content (AvgIpc) is 3.01. The summed E-state index contributed by atoms with van der Waals surface area (Å²) in [5.74, 6) is 0.575. The number of nitrogens with one attached hydrogen (secondary N) is 2. The maximum absolute atomic E-state index is 12.8. The molecule has 0 radical (unpaired) electrons. The summed E-state index contributed by atoms with van der Waals surface area (Å²) in [6.07, 6.45) is -4.11. The third-order valence-corrected chi connectivity index (χ3v) is 4.13. The number of hydrogen-bond acceptors (Lipinski definition) is 3. The summed E-state index contributed by atoms with van der Waals surface area (Å²) in [6.45, 7) is 6.83. The highest BCUT2D eigenvalue weighted by molar-refractivity contribution is 14.0. The minimum atomic E-state index is -4.37. The van der Waals surface area contributed by atoms with Crippen LogP contribution in [0.1, 0.15) is 38.3 Å². The van der Waals surface area contributed by atoms with Crippen LogP contribution in [-0.4, -0.2) is 48.7 Å². The first-order valence-electron chi connectivity index (χ1n) is 9.09. The van der Waals surface area contributed by atoms with Gasteiger partial charge in [-0.1, -0.05) is 12.1 Å². The number of halogens is 4. The molecule has 10 heteroatoms. The molecule has 2 rings (SSSR count). The molecular weight excluding hydrogens is 500 g/mol. The fourth-order valence-electron chi connectivity index (χ4n) is 2.92. The average molecular weight is 528 g/mol. The van der Waals surface area contributed by atoms with Gasteiger partial charge < -0.3 is 20.3 Å². The number of alkyl carbamates (subject to hydrolysis) is 1. The molecule has 1 saturated heterocycles. The van der Waals surface area contributed by atoms with Crippen LogP contribution in [0.5, 0.6) is 0 Å². The maximum atomic E-state index is 12.8. The van der Waals surface area contributed by atoms with Crippen molar-refractivity contribution in [2.45, 2.75) is 51.6 Å². The van der Waals surface area contributed by atoms with Crippen molar-refractivity contribution >= 4 is 36.0 Å². The molecule has 1 unspecified atom stereocenters. The zero-order chi connectivity index (χ0) is 20.9. The van der Waals surface area contributed by atoms with E-state index in [-0.39, 0.29) is 36.6 Å². The third-order valence-electron chi connectivity index (χ3n) is 4.13. The number of carbonyl (C=O) groups excluding carboxylic acids is 1. The molecule has 0 aromatic heterocycles. The molecule has 164 valence electrons. The zero-order valence-electron chi connectivity index (χ0n) is 17.0. The number of alkyl halides is 3. The Morgan fingerprint density at radius 2 is 2.00 bits per heavy atom. The first-order valence-corrected chi connectivity index (χ1v) is 9.09. The largest absolute Gasteiger partial charge is 0.444 e. The van der Waals surface area contributed by atoms with E-state index in [1.807, 2.05) is 4.90 Å². The Labute approximate surface area is 186 Å². The molecule has 2 N–H and O–H groups in total. The van der Waals surface area contributed by atoms with Crippen molar-refractivity contribution in [1.82, 2.24) is 15.5 Å². The van der Waals surface area contributed by atoms with Gasteiger partial charge in [-0.2, -0.15) is 13.2 Å². The summed E-state index contributed by atoms with van der Waals surface area (Å²) in [5, 5.41) is 5.91. The molecule has 0 aliphatic carbocycles. The van der Waals surface area contributed by atoms with Gasteiger partial charge >= 0.3 is 12.3 Å². The molecule has 0 saturated carbocycles. The fraction of sp³-hybridized carbons (Fsp3) is 0.579. The molecule has 1 aromatic rings. The number of likely N-dealkylation sites (tertiary alicyclic amines) is 1. The van der Waals surface area contributed by atoms with Crippen LogP contribution in [0.2, 0.25) is 0 Å². The standard InChI is InChI=1S/C19H27F3N4O2.HI/c1-18(2,3)28-17(27)25-15-8-9-26(12-15)16(23-4)24-11-13-6-5-7-14(10-13)19(20,21)22;/h5-7,10,15H,8-9,11-12H2,1-4H3,(H,23,24)(H,25,27);1H.